The second-order valence-electron chi connectivity index (χ2n) is 4.55. The third-order valence-corrected chi connectivity index (χ3v) is 3.36. The van der Waals surface area contributed by atoms with Crippen molar-refractivity contribution in [3.05, 3.63) is 28.2 Å². The zero-order valence-corrected chi connectivity index (χ0v) is 13.2. The third kappa shape index (κ3) is 5.81. The third-order valence-electron chi connectivity index (χ3n) is 2.83. The van der Waals surface area contributed by atoms with Crippen LogP contribution in [-0.4, -0.2) is 29.1 Å². The molecule has 0 saturated carbocycles. The molecular formula is C14H17Cl2NO4. The highest BCUT2D eigenvalue weighted by molar-refractivity contribution is 6.35. The van der Waals surface area contributed by atoms with Gasteiger partial charge in [-0.05, 0) is 31.5 Å². The zero-order valence-electron chi connectivity index (χ0n) is 11.7. The molecule has 21 heavy (non-hydrogen) atoms. The van der Waals surface area contributed by atoms with Gasteiger partial charge in [0.05, 0.1) is 11.4 Å². The van der Waals surface area contributed by atoms with Crippen LogP contribution in [0.5, 0.6) is 5.75 Å². The summed E-state index contributed by atoms with van der Waals surface area (Å²) in [7, 11) is 0. The molecular weight excluding hydrogens is 317 g/mol. The molecule has 5 nitrogen and oxygen atoms in total. The van der Waals surface area contributed by atoms with Crippen LogP contribution < -0.4 is 10.1 Å². The predicted octanol–water partition coefficient (Wildman–Crippen LogP) is 3.13. The lowest BCUT2D eigenvalue weighted by atomic mass is 10.1. The molecule has 0 aliphatic rings. The number of hydrogen-bond donors (Lipinski definition) is 2. The molecule has 0 radical (unpaired) electrons. The lowest BCUT2D eigenvalue weighted by Gasteiger charge is -2.19. The van der Waals surface area contributed by atoms with Crippen LogP contribution in [0.1, 0.15) is 26.7 Å². The standard InChI is InChI=1S/C14H17Cl2NO4/c1-3-10(7-13(18)19)17-14(20)8(2)21-12-5-4-9(15)6-11(12)16/h4-6,8,10H,3,7H2,1-2H3,(H,17,20)(H,18,19). The normalized spacial score (nSPS) is 13.3. The Morgan fingerprint density at radius 1 is 1.38 bits per heavy atom. The number of ether oxygens (including phenoxy) is 1. The molecule has 0 aliphatic heterocycles. The number of nitrogens with one attached hydrogen (secondary N) is 1. The van der Waals surface area contributed by atoms with Gasteiger partial charge >= 0.3 is 5.97 Å². The minimum absolute atomic E-state index is 0.128. The van der Waals surface area contributed by atoms with Crippen molar-refractivity contribution < 1.29 is 19.4 Å². The summed E-state index contributed by atoms with van der Waals surface area (Å²) in [5.74, 6) is -1.01. The number of carboxylic acid groups (broad SMARTS) is 1. The highest BCUT2D eigenvalue weighted by atomic mass is 35.5. The Morgan fingerprint density at radius 3 is 2.57 bits per heavy atom. The summed E-state index contributed by atoms with van der Waals surface area (Å²) < 4.78 is 5.46. The number of rotatable bonds is 7. The molecule has 2 unspecified atom stereocenters. The molecule has 0 heterocycles. The number of carbonyl (C=O) groups is 2. The van der Waals surface area contributed by atoms with Crippen LogP contribution in [0.3, 0.4) is 0 Å². The van der Waals surface area contributed by atoms with Crippen molar-refractivity contribution >= 4 is 35.1 Å². The second-order valence-corrected chi connectivity index (χ2v) is 5.39. The molecule has 0 fully saturated rings. The van der Waals surface area contributed by atoms with Crippen LogP contribution >= 0.6 is 23.2 Å². The van der Waals surface area contributed by atoms with E-state index in [9.17, 15) is 9.59 Å². The summed E-state index contributed by atoms with van der Waals surface area (Å²) >= 11 is 11.7. The molecule has 0 bridgehead atoms. The first-order chi connectivity index (χ1) is 9.83. The monoisotopic (exact) mass is 333 g/mol. The minimum Gasteiger partial charge on any atom is -0.481 e. The molecule has 0 saturated heterocycles. The van der Waals surface area contributed by atoms with E-state index in [1.54, 1.807) is 26.0 Å². The van der Waals surface area contributed by atoms with Crippen molar-refractivity contribution in [1.82, 2.24) is 5.32 Å². The van der Waals surface area contributed by atoms with Gasteiger partial charge in [0, 0.05) is 11.1 Å². The Morgan fingerprint density at radius 2 is 2.05 bits per heavy atom. The lowest BCUT2D eigenvalue weighted by Crippen LogP contribution is -2.43. The molecule has 2 N–H and O–H groups in total. The Hall–Kier alpha value is -1.46. The van der Waals surface area contributed by atoms with Gasteiger partial charge in [-0.3, -0.25) is 9.59 Å². The Balaban J connectivity index is 2.63. The largest absolute Gasteiger partial charge is 0.481 e. The van der Waals surface area contributed by atoms with Gasteiger partial charge in [0.25, 0.3) is 5.91 Å². The second kappa shape index (κ2) is 8.10. The molecule has 1 amide bonds. The van der Waals surface area contributed by atoms with Crippen LogP contribution in [0.2, 0.25) is 10.0 Å². The SMILES string of the molecule is CCC(CC(=O)O)NC(=O)C(C)Oc1ccc(Cl)cc1Cl. The van der Waals surface area contributed by atoms with Crippen LogP contribution in [0.15, 0.2) is 18.2 Å². The molecule has 1 aromatic carbocycles. The summed E-state index contributed by atoms with van der Waals surface area (Å²) in [5, 5.41) is 12.2. The molecule has 0 aromatic heterocycles. The highest BCUT2D eigenvalue weighted by Crippen LogP contribution is 2.28. The fourth-order valence-corrected chi connectivity index (χ4v) is 2.09. The van der Waals surface area contributed by atoms with E-state index in [1.807, 2.05) is 0 Å². The van der Waals surface area contributed by atoms with Crippen LogP contribution in [0.4, 0.5) is 0 Å². The van der Waals surface area contributed by atoms with Crippen LogP contribution in [0.25, 0.3) is 0 Å². The van der Waals surface area contributed by atoms with Crippen molar-refractivity contribution in [3.63, 3.8) is 0 Å². The molecule has 0 aliphatic carbocycles. The van der Waals surface area contributed by atoms with Gasteiger partial charge in [-0.1, -0.05) is 30.1 Å². The maximum atomic E-state index is 12.0. The summed E-state index contributed by atoms with van der Waals surface area (Å²) in [5.41, 5.74) is 0. The van der Waals surface area contributed by atoms with Crippen LogP contribution in [0, 0.1) is 0 Å². The lowest BCUT2D eigenvalue weighted by molar-refractivity contribution is -0.138. The first-order valence-corrected chi connectivity index (χ1v) is 7.23. The Bertz CT molecular complexity index is 522. The number of hydrogen-bond acceptors (Lipinski definition) is 3. The molecule has 1 rings (SSSR count). The van der Waals surface area contributed by atoms with E-state index < -0.39 is 24.0 Å². The fourth-order valence-electron chi connectivity index (χ4n) is 1.64. The van der Waals surface area contributed by atoms with Crippen molar-refractivity contribution in [2.75, 3.05) is 0 Å². The molecule has 0 spiro atoms. The predicted molar refractivity (Wildman–Crippen MR) is 81.0 cm³/mol. The van der Waals surface area contributed by atoms with Crippen LogP contribution in [-0.2, 0) is 9.59 Å². The average Bonchev–Trinajstić information content (AvgIpc) is 2.40. The maximum Gasteiger partial charge on any atom is 0.305 e. The summed E-state index contributed by atoms with van der Waals surface area (Å²) in [6.07, 6.45) is -0.408. The summed E-state index contributed by atoms with van der Waals surface area (Å²) in [6.45, 7) is 3.36. The molecule has 2 atom stereocenters. The topological polar surface area (TPSA) is 75.6 Å². The van der Waals surface area contributed by atoms with Gasteiger partial charge in [-0.15, -0.1) is 0 Å². The van der Waals surface area contributed by atoms with Crippen molar-refractivity contribution in [1.29, 1.82) is 0 Å². The van der Waals surface area contributed by atoms with E-state index in [2.05, 4.69) is 5.32 Å². The van der Waals surface area contributed by atoms with Gasteiger partial charge in [0.15, 0.2) is 6.10 Å². The van der Waals surface area contributed by atoms with Gasteiger partial charge in [-0.2, -0.15) is 0 Å². The summed E-state index contributed by atoms with van der Waals surface area (Å²) in [6, 6.07) is 4.26. The van der Waals surface area contributed by atoms with Crippen molar-refractivity contribution in [2.45, 2.75) is 38.8 Å². The van der Waals surface area contributed by atoms with Crippen molar-refractivity contribution in [3.8, 4) is 5.75 Å². The van der Waals surface area contributed by atoms with Crippen molar-refractivity contribution in [2.24, 2.45) is 0 Å². The first-order valence-electron chi connectivity index (χ1n) is 6.47. The number of carboxylic acids is 1. The quantitative estimate of drug-likeness (QED) is 0.803. The van der Waals surface area contributed by atoms with E-state index in [4.69, 9.17) is 33.0 Å². The number of benzene rings is 1. The van der Waals surface area contributed by atoms with E-state index in [1.165, 1.54) is 6.07 Å². The molecule has 116 valence electrons. The maximum absolute atomic E-state index is 12.0. The van der Waals surface area contributed by atoms with Gasteiger partial charge in [0.1, 0.15) is 5.75 Å². The number of carbonyl (C=O) groups excluding carboxylic acids is 1. The van der Waals surface area contributed by atoms with E-state index in [0.29, 0.717) is 22.2 Å². The average molecular weight is 334 g/mol. The fraction of sp³-hybridized carbons (Fsp3) is 0.429. The van der Waals surface area contributed by atoms with E-state index in [0.717, 1.165) is 0 Å². The smallest absolute Gasteiger partial charge is 0.305 e. The minimum atomic E-state index is -0.962. The summed E-state index contributed by atoms with van der Waals surface area (Å²) in [4.78, 5) is 22.7. The molecule has 1 aromatic rings. The number of amides is 1. The van der Waals surface area contributed by atoms with Gasteiger partial charge in [0.2, 0.25) is 0 Å². The Kier molecular flexibility index (Phi) is 6.78. The Labute approximate surface area is 133 Å². The number of halogens is 2. The van der Waals surface area contributed by atoms with Gasteiger partial charge < -0.3 is 15.2 Å². The van der Waals surface area contributed by atoms with E-state index >= 15 is 0 Å². The highest BCUT2D eigenvalue weighted by Gasteiger charge is 2.20. The van der Waals surface area contributed by atoms with Gasteiger partial charge in [-0.25, -0.2) is 0 Å². The molecule has 7 heteroatoms. The number of aliphatic carboxylic acids is 1. The van der Waals surface area contributed by atoms with E-state index in [-0.39, 0.29) is 6.42 Å². The zero-order chi connectivity index (χ0) is 16.0. The first kappa shape index (κ1) is 17.6.